The minimum Gasteiger partial charge on any atom is -0.342 e. The van der Waals surface area contributed by atoms with E-state index in [2.05, 4.69) is 31.0 Å². The smallest absolute Gasteiger partial charge is 0.223 e. The van der Waals surface area contributed by atoms with E-state index in [9.17, 15) is 4.79 Å². The van der Waals surface area contributed by atoms with Crippen LogP contribution in [0.5, 0.6) is 0 Å². The summed E-state index contributed by atoms with van der Waals surface area (Å²) in [5.41, 5.74) is 0.113. The standard InChI is InChI=1S/C13H24N2O.ClH/c1-13(2,3)8-12(16)15-7-5-11-10(9-15)4-6-14-11;/h10-11,14H,4-9H2,1-3H3;1H. The van der Waals surface area contributed by atoms with Crippen LogP contribution < -0.4 is 5.32 Å². The van der Waals surface area contributed by atoms with Crippen molar-refractivity contribution in [3.05, 3.63) is 0 Å². The summed E-state index contributed by atoms with van der Waals surface area (Å²) in [5, 5.41) is 3.53. The van der Waals surface area contributed by atoms with Gasteiger partial charge in [0, 0.05) is 25.6 Å². The molecule has 2 fully saturated rings. The number of carbonyl (C=O) groups excluding carboxylic acids is 1. The molecular weight excluding hydrogens is 236 g/mol. The van der Waals surface area contributed by atoms with Gasteiger partial charge in [0.2, 0.25) is 5.91 Å². The Labute approximate surface area is 111 Å². The molecule has 0 spiro atoms. The van der Waals surface area contributed by atoms with Crippen LogP contribution in [0, 0.1) is 11.3 Å². The Kier molecular flexibility index (Phi) is 4.85. The first-order chi connectivity index (χ1) is 7.46. The fraction of sp³-hybridized carbons (Fsp3) is 0.923. The lowest BCUT2D eigenvalue weighted by Crippen LogP contribution is -2.47. The Bertz CT molecular complexity index is 275. The van der Waals surface area contributed by atoms with Gasteiger partial charge in [0.25, 0.3) is 0 Å². The number of carbonyl (C=O) groups is 1. The van der Waals surface area contributed by atoms with Crippen molar-refractivity contribution in [1.82, 2.24) is 10.2 Å². The summed E-state index contributed by atoms with van der Waals surface area (Å²) in [6.45, 7) is 9.46. The van der Waals surface area contributed by atoms with E-state index < -0.39 is 0 Å². The second-order valence-corrected chi connectivity index (χ2v) is 6.48. The van der Waals surface area contributed by atoms with Crippen molar-refractivity contribution in [3.8, 4) is 0 Å². The molecule has 0 saturated carbocycles. The lowest BCUT2D eigenvalue weighted by molar-refractivity contribution is -0.135. The average molecular weight is 261 g/mol. The molecule has 2 rings (SSSR count). The molecule has 0 aromatic carbocycles. The number of amides is 1. The molecule has 2 saturated heterocycles. The summed E-state index contributed by atoms with van der Waals surface area (Å²) in [6, 6.07) is 0.679. The van der Waals surface area contributed by atoms with Crippen molar-refractivity contribution in [2.24, 2.45) is 11.3 Å². The van der Waals surface area contributed by atoms with Crippen molar-refractivity contribution in [2.75, 3.05) is 19.6 Å². The van der Waals surface area contributed by atoms with E-state index in [4.69, 9.17) is 0 Å². The monoisotopic (exact) mass is 260 g/mol. The van der Waals surface area contributed by atoms with Crippen molar-refractivity contribution < 1.29 is 4.79 Å². The maximum Gasteiger partial charge on any atom is 0.223 e. The Hall–Kier alpha value is -0.280. The SMILES string of the molecule is CC(C)(C)CC(=O)N1CCC2NCCC2C1.Cl. The molecule has 3 nitrogen and oxygen atoms in total. The Morgan fingerprint density at radius 2 is 2.06 bits per heavy atom. The Morgan fingerprint density at radius 1 is 1.35 bits per heavy atom. The summed E-state index contributed by atoms with van der Waals surface area (Å²) < 4.78 is 0. The molecule has 1 N–H and O–H groups in total. The third-order valence-electron chi connectivity index (χ3n) is 3.69. The van der Waals surface area contributed by atoms with Gasteiger partial charge in [-0.05, 0) is 30.7 Å². The Morgan fingerprint density at radius 3 is 2.71 bits per heavy atom. The van der Waals surface area contributed by atoms with Crippen LogP contribution in [0.3, 0.4) is 0 Å². The molecule has 0 aliphatic carbocycles. The number of likely N-dealkylation sites (tertiary alicyclic amines) is 1. The minimum absolute atomic E-state index is 0. The third kappa shape index (κ3) is 3.85. The van der Waals surface area contributed by atoms with Gasteiger partial charge in [-0.1, -0.05) is 20.8 Å². The fourth-order valence-corrected chi connectivity index (χ4v) is 2.84. The van der Waals surface area contributed by atoms with E-state index in [1.165, 1.54) is 6.42 Å². The number of hydrogen-bond acceptors (Lipinski definition) is 2. The van der Waals surface area contributed by atoms with Crippen LogP contribution in [0.4, 0.5) is 0 Å². The molecule has 2 unspecified atom stereocenters. The lowest BCUT2D eigenvalue weighted by Gasteiger charge is -2.36. The number of nitrogens with zero attached hydrogens (tertiary/aromatic N) is 1. The van der Waals surface area contributed by atoms with Gasteiger partial charge in [0.15, 0.2) is 0 Å². The highest BCUT2D eigenvalue weighted by molar-refractivity contribution is 5.85. The molecule has 2 atom stereocenters. The van der Waals surface area contributed by atoms with Crippen LogP contribution in [0.25, 0.3) is 0 Å². The first-order valence-corrected chi connectivity index (χ1v) is 6.47. The molecule has 17 heavy (non-hydrogen) atoms. The average Bonchev–Trinajstić information content (AvgIpc) is 2.61. The quantitative estimate of drug-likeness (QED) is 0.783. The zero-order valence-electron chi connectivity index (χ0n) is 11.2. The fourth-order valence-electron chi connectivity index (χ4n) is 2.84. The van der Waals surface area contributed by atoms with Gasteiger partial charge in [-0.3, -0.25) is 4.79 Å². The Balaban J connectivity index is 0.00000144. The number of rotatable bonds is 1. The second kappa shape index (κ2) is 5.57. The maximum absolute atomic E-state index is 12.1. The molecule has 0 aromatic heterocycles. The maximum atomic E-state index is 12.1. The van der Waals surface area contributed by atoms with Crippen molar-refractivity contribution in [3.63, 3.8) is 0 Å². The van der Waals surface area contributed by atoms with Crippen LogP contribution in [0.1, 0.15) is 40.0 Å². The normalized spacial score (nSPS) is 28.5. The summed E-state index contributed by atoms with van der Waals surface area (Å²) in [5.74, 6) is 1.05. The topological polar surface area (TPSA) is 32.3 Å². The second-order valence-electron chi connectivity index (χ2n) is 6.48. The zero-order chi connectivity index (χ0) is 11.8. The summed E-state index contributed by atoms with van der Waals surface area (Å²) >= 11 is 0. The van der Waals surface area contributed by atoms with Crippen LogP contribution in [-0.4, -0.2) is 36.5 Å². The van der Waals surface area contributed by atoms with Gasteiger partial charge in [-0.2, -0.15) is 0 Å². The summed E-state index contributed by atoms with van der Waals surface area (Å²) in [6.07, 6.45) is 3.06. The van der Waals surface area contributed by atoms with E-state index in [-0.39, 0.29) is 17.8 Å². The van der Waals surface area contributed by atoms with Gasteiger partial charge in [-0.25, -0.2) is 0 Å². The molecule has 0 aromatic rings. The minimum atomic E-state index is 0. The molecule has 2 aliphatic heterocycles. The summed E-state index contributed by atoms with van der Waals surface area (Å²) in [4.78, 5) is 14.2. The molecule has 1 amide bonds. The van der Waals surface area contributed by atoms with E-state index in [0.29, 0.717) is 24.3 Å². The van der Waals surface area contributed by atoms with Crippen LogP contribution >= 0.6 is 12.4 Å². The first-order valence-electron chi connectivity index (χ1n) is 6.47. The molecule has 2 aliphatic rings. The van der Waals surface area contributed by atoms with Crippen LogP contribution in [-0.2, 0) is 4.79 Å². The molecule has 0 bridgehead atoms. The van der Waals surface area contributed by atoms with Gasteiger partial charge in [0.05, 0.1) is 0 Å². The first kappa shape index (κ1) is 14.8. The molecular formula is C13H25ClN2O. The zero-order valence-corrected chi connectivity index (χ0v) is 12.0. The highest BCUT2D eigenvalue weighted by atomic mass is 35.5. The third-order valence-corrected chi connectivity index (χ3v) is 3.69. The molecule has 2 heterocycles. The van der Waals surface area contributed by atoms with Crippen molar-refractivity contribution in [2.45, 2.75) is 46.1 Å². The lowest BCUT2D eigenvalue weighted by atomic mass is 9.89. The van der Waals surface area contributed by atoms with Crippen LogP contribution in [0.2, 0.25) is 0 Å². The molecule has 100 valence electrons. The van der Waals surface area contributed by atoms with Crippen LogP contribution in [0.15, 0.2) is 0 Å². The van der Waals surface area contributed by atoms with Crippen molar-refractivity contribution >= 4 is 18.3 Å². The molecule has 0 radical (unpaired) electrons. The van der Waals surface area contributed by atoms with E-state index in [1.54, 1.807) is 0 Å². The van der Waals surface area contributed by atoms with Gasteiger partial charge in [-0.15, -0.1) is 12.4 Å². The number of nitrogens with one attached hydrogen (secondary N) is 1. The summed E-state index contributed by atoms with van der Waals surface area (Å²) in [7, 11) is 0. The van der Waals surface area contributed by atoms with Gasteiger partial charge in [0.1, 0.15) is 0 Å². The highest BCUT2D eigenvalue weighted by Crippen LogP contribution is 2.27. The van der Waals surface area contributed by atoms with Gasteiger partial charge >= 0.3 is 0 Å². The van der Waals surface area contributed by atoms with E-state index in [1.807, 2.05) is 0 Å². The number of piperidine rings is 1. The predicted octanol–water partition coefficient (Wildman–Crippen LogP) is 2.05. The van der Waals surface area contributed by atoms with E-state index in [0.717, 1.165) is 26.1 Å². The molecule has 4 heteroatoms. The number of hydrogen-bond donors (Lipinski definition) is 1. The number of fused-ring (bicyclic) bond motifs is 1. The van der Waals surface area contributed by atoms with Gasteiger partial charge < -0.3 is 10.2 Å². The number of halogens is 1. The van der Waals surface area contributed by atoms with Crippen molar-refractivity contribution in [1.29, 1.82) is 0 Å². The highest BCUT2D eigenvalue weighted by Gasteiger charge is 2.34. The largest absolute Gasteiger partial charge is 0.342 e. The van der Waals surface area contributed by atoms with E-state index >= 15 is 0 Å². The predicted molar refractivity (Wildman–Crippen MR) is 72.4 cm³/mol.